The number of ketones is 1. The number of carbonyl (C=O) groups is 1. The molecule has 1 aliphatic carbocycles. The van der Waals surface area contributed by atoms with Crippen LogP contribution < -0.4 is 0 Å². The number of nitrogens with zero attached hydrogens (tertiary/aromatic N) is 1. The van der Waals surface area contributed by atoms with Crippen molar-refractivity contribution in [3.63, 3.8) is 0 Å². The number of nitrogens with one attached hydrogen (secondary N) is 1. The van der Waals surface area contributed by atoms with Gasteiger partial charge in [0.1, 0.15) is 5.75 Å². The van der Waals surface area contributed by atoms with E-state index in [9.17, 15) is 15.0 Å². The number of hydrogen-bond donors (Lipinski definition) is 3. The third kappa shape index (κ3) is 2.50. The molecule has 2 bridgehead atoms. The minimum absolute atomic E-state index is 0.0457. The molecule has 1 fully saturated rings. The summed E-state index contributed by atoms with van der Waals surface area (Å²) >= 11 is 0. The summed E-state index contributed by atoms with van der Waals surface area (Å²) in [7, 11) is 2.09. The standard InChI is InChI=1S/C20H24N2O3/c1-3-11-9-22(2)18-7-15-14-6-12(24)4-5-17(14)21-20(15)19(25)8-13(11)16(18)10-23/h3-6,13,16,18,21,23-24H,7-10H2,1-2H3/b11-3-/t13-,16?,18+/m1/s1. The van der Waals surface area contributed by atoms with Crippen LogP contribution in [0.15, 0.2) is 29.8 Å². The van der Waals surface area contributed by atoms with Gasteiger partial charge in [0, 0.05) is 42.4 Å². The molecule has 2 heterocycles. The normalized spacial score (nSPS) is 28.8. The van der Waals surface area contributed by atoms with Crippen LogP contribution in [0.4, 0.5) is 0 Å². The van der Waals surface area contributed by atoms with Gasteiger partial charge in [-0.2, -0.15) is 0 Å². The molecule has 5 heteroatoms. The van der Waals surface area contributed by atoms with E-state index in [1.54, 1.807) is 12.1 Å². The van der Waals surface area contributed by atoms with Crippen molar-refractivity contribution in [3.8, 4) is 5.75 Å². The molecule has 0 saturated carbocycles. The molecule has 0 amide bonds. The summed E-state index contributed by atoms with van der Waals surface area (Å²) in [5.41, 5.74) is 3.75. The van der Waals surface area contributed by atoms with Gasteiger partial charge < -0.3 is 15.2 Å². The van der Waals surface area contributed by atoms with Gasteiger partial charge in [-0.15, -0.1) is 0 Å². The summed E-state index contributed by atoms with van der Waals surface area (Å²) < 4.78 is 0. The highest BCUT2D eigenvalue weighted by Gasteiger charge is 2.42. The van der Waals surface area contributed by atoms with Crippen LogP contribution in [0.3, 0.4) is 0 Å². The van der Waals surface area contributed by atoms with Gasteiger partial charge in [0.25, 0.3) is 0 Å². The summed E-state index contributed by atoms with van der Waals surface area (Å²) in [5, 5.41) is 20.9. The number of aliphatic hydroxyl groups is 1. The average Bonchev–Trinajstić information content (AvgIpc) is 2.94. The first-order valence-corrected chi connectivity index (χ1v) is 8.86. The number of aliphatic hydroxyl groups excluding tert-OH is 1. The second-order valence-corrected chi connectivity index (χ2v) is 7.34. The predicted octanol–water partition coefficient (Wildman–Crippen LogP) is 2.49. The average molecular weight is 340 g/mol. The lowest BCUT2D eigenvalue weighted by Gasteiger charge is -2.46. The van der Waals surface area contributed by atoms with Crippen LogP contribution in [-0.4, -0.2) is 52.1 Å². The Bertz CT molecular complexity index is 867. The summed E-state index contributed by atoms with van der Waals surface area (Å²) in [5.74, 6) is 0.436. The topological polar surface area (TPSA) is 76.6 Å². The predicted molar refractivity (Wildman–Crippen MR) is 96.9 cm³/mol. The minimum Gasteiger partial charge on any atom is -0.508 e. The van der Waals surface area contributed by atoms with Gasteiger partial charge in [-0.1, -0.05) is 11.6 Å². The van der Waals surface area contributed by atoms with Crippen LogP contribution in [0.1, 0.15) is 29.4 Å². The molecule has 1 saturated heterocycles. The van der Waals surface area contributed by atoms with E-state index in [0.717, 1.165) is 23.0 Å². The number of phenolic OH excluding ortho intramolecular Hbond substituents is 1. The lowest BCUT2D eigenvalue weighted by Crippen LogP contribution is -2.52. The van der Waals surface area contributed by atoms with Crippen molar-refractivity contribution in [1.82, 2.24) is 9.88 Å². The van der Waals surface area contributed by atoms with Crippen molar-refractivity contribution in [3.05, 3.63) is 41.1 Å². The first kappa shape index (κ1) is 16.4. The fourth-order valence-corrected chi connectivity index (χ4v) is 4.73. The molecule has 5 nitrogen and oxygen atoms in total. The number of Topliss-reactive ketones (excluding diaryl/α,β-unsaturated/α-hetero) is 1. The van der Waals surface area contributed by atoms with Gasteiger partial charge in [0.15, 0.2) is 5.78 Å². The van der Waals surface area contributed by atoms with Crippen molar-refractivity contribution < 1.29 is 15.0 Å². The number of carbonyl (C=O) groups excluding carboxylic acids is 1. The lowest BCUT2D eigenvalue weighted by atomic mass is 9.71. The summed E-state index contributed by atoms with van der Waals surface area (Å²) in [4.78, 5) is 18.6. The Morgan fingerprint density at radius 3 is 2.88 bits per heavy atom. The molecule has 4 rings (SSSR count). The fourth-order valence-electron chi connectivity index (χ4n) is 4.73. The largest absolute Gasteiger partial charge is 0.508 e. The Labute approximate surface area is 147 Å². The molecular weight excluding hydrogens is 316 g/mol. The number of aromatic nitrogens is 1. The summed E-state index contributed by atoms with van der Waals surface area (Å²) in [6.07, 6.45) is 3.21. The van der Waals surface area contributed by atoms with Gasteiger partial charge in [-0.3, -0.25) is 9.69 Å². The number of allylic oxidation sites excluding steroid dienone is 1. The summed E-state index contributed by atoms with van der Waals surface area (Å²) in [6, 6.07) is 5.35. The molecule has 1 aromatic carbocycles. The summed E-state index contributed by atoms with van der Waals surface area (Å²) in [6.45, 7) is 2.92. The monoisotopic (exact) mass is 340 g/mol. The Morgan fingerprint density at radius 2 is 2.16 bits per heavy atom. The van der Waals surface area contributed by atoms with Crippen LogP contribution in [0.25, 0.3) is 10.9 Å². The fraction of sp³-hybridized carbons (Fsp3) is 0.450. The molecule has 1 aromatic heterocycles. The van der Waals surface area contributed by atoms with Crippen LogP contribution in [0.2, 0.25) is 0 Å². The molecule has 1 aliphatic heterocycles. The molecule has 3 atom stereocenters. The zero-order valence-corrected chi connectivity index (χ0v) is 14.6. The Kier molecular flexibility index (Phi) is 3.93. The third-order valence-electron chi connectivity index (χ3n) is 6.05. The Morgan fingerprint density at radius 1 is 1.36 bits per heavy atom. The Hall–Kier alpha value is -2.11. The number of hydrogen-bond acceptors (Lipinski definition) is 4. The van der Waals surface area contributed by atoms with Crippen LogP contribution in [-0.2, 0) is 6.42 Å². The smallest absolute Gasteiger partial charge is 0.179 e. The number of likely N-dealkylation sites (tertiary alicyclic amines) is 1. The molecule has 2 aromatic rings. The van der Waals surface area contributed by atoms with Gasteiger partial charge in [0.05, 0.1) is 5.69 Å². The maximum atomic E-state index is 13.0. The number of rotatable bonds is 1. The number of benzene rings is 1. The number of aromatic hydroxyl groups is 1. The van der Waals surface area contributed by atoms with E-state index in [2.05, 4.69) is 23.0 Å². The van der Waals surface area contributed by atoms with Gasteiger partial charge >= 0.3 is 0 Å². The number of phenols is 1. The Balaban J connectivity index is 1.90. The molecule has 3 N–H and O–H groups in total. The second kappa shape index (κ2) is 6.00. The van der Waals surface area contributed by atoms with Crippen LogP contribution >= 0.6 is 0 Å². The van der Waals surface area contributed by atoms with Gasteiger partial charge in [-0.25, -0.2) is 0 Å². The van der Waals surface area contributed by atoms with Crippen molar-refractivity contribution >= 4 is 16.7 Å². The lowest BCUT2D eigenvalue weighted by molar-refractivity contribution is 0.0518. The first-order chi connectivity index (χ1) is 12.0. The van der Waals surface area contributed by atoms with E-state index in [0.29, 0.717) is 18.5 Å². The SMILES string of the molecule is C/C=C1/CN(C)[C@H]2Cc3c([nH]c4ccc(O)cc34)C(=O)C[C@H]1C2CO. The second-order valence-electron chi connectivity index (χ2n) is 7.34. The highest BCUT2D eigenvalue weighted by Crippen LogP contribution is 2.41. The minimum atomic E-state index is 0.0457. The van der Waals surface area contributed by atoms with Crippen LogP contribution in [0.5, 0.6) is 5.75 Å². The van der Waals surface area contributed by atoms with Gasteiger partial charge in [0.2, 0.25) is 0 Å². The molecule has 132 valence electrons. The molecule has 25 heavy (non-hydrogen) atoms. The number of fused-ring (bicyclic) bond motifs is 5. The van der Waals surface area contributed by atoms with E-state index >= 15 is 0 Å². The van der Waals surface area contributed by atoms with E-state index in [-0.39, 0.29) is 36.0 Å². The van der Waals surface area contributed by atoms with Crippen molar-refractivity contribution in [2.45, 2.75) is 25.8 Å². The highest BCUT2D eigenvalue weighted by atomic mass is 16.3. The van der Waals surface area contributed by atoms with E-state index < -0.39 is 0 Å². The molecular formula is C20H24N2O3. The van der Waals surface area contributed by atoms with Crippen molar-refractivity contribution in [1.29, 1.82) is 0 Å². The van der Waals surface area contributed by atoms with E-state index in [1.165, 1.54) is 5.57 Å². The van der Waals surface area contributed by atoms with E-state index in [4.69, 9.17) is 0 Å². The maximum Gasteiger partial charge on any atom is 0.179 e. The van der Waals surface area contributed by atoms with Crippen molar-refractivity contribution in [2.75, 3.05) is 20.2 Å². The number of piperidine rings is 1. The quantitative estimate of drug-likeness (QED) is 0.697. The molecule has 1 unspecified atom stereocenters. The van der Waals surface area contributed by atoms with Crippen LogP contribution in [0, 0.1) is 11.8 Å². The first-order valence-electron chi connectivity index (χ1n) is 8.86. The highest BCUT2D eigenvalue weighted by molar-refractivity contribution is 6.03. The number of aromatic amines is 1. The zero-order chi connectivity index (χ0) is 17.7. The molecule has 2 aliphatic rings. The number of likely N-dealkylation sites (N-methyl/N-ethyl adjacent to an activating group) is 1. The number of H-pyrrole nitrogens is 1. The maximum absolute atomic E-state index is 13.0. The molecule has 0 radical (unpaired) electrons. The third-order valence-corrected chi connectivity index (χ3v) is 6.05. The van der Waals surface area contributed by atoms with Crippen molar-refractivity contribution in [2.24, 2.45) is 11.8 Å². The van der Waals surface area contributed by atoms with E-state index in [1.807, 2.05) is 13.0 Å². The zero-order valence-electron chi connectivity index (χ0n) is 14.6. The van der Waals surface area contributed by atoms with Gasteiger partial charge in [-0.05, 0) is 50.1 Å². The molecule has 0 spiro atoms.